The van der Waals surface area contributed by atoms with Crippen molar-refractivity contribution in [3.05, 3.63) is 23.8 Å². The molecule has 0 aliphatic carbocycles. The lowest BCUT2D eigenvalue weighted by molar-refractivity contribution is 0.174. The highest BCUT2D eigenvalue weighted by Crippen LogP contribution is 2.36. The van der Waals surface area contributed by atoms with Crippen molar-refractivity contribution in [1.29, 1.82) is 0 Å². The predicted molar refractivity (Wildman–Crippen MR) is 57.1 cm³/mol. The number of hydrogen-bond acceptors (Lipinski definition) is 3. The normalized spacial score (nSPS) is 28.3. The quantitative estimate of drug-likeness (QED) is 0.761. The fourth-order valence-corrected chi connectivity index (χ4v) is 2.30. The molecule has 3 rings (SSSR count). The van der Waals surface area contributed by atoms with Gasteiger partial charge in [-0.05, 0) is 36.6 Å². The summed E-state index contributed by atoms with van der Waals surface area (Å²) in [7, 11) is 0. The minimum Gasteiger partial charge on any atom is -0.454 e. The molecule has 80 valence electrons. The standard InChI is InChI=1S/C12H15NO2/c1-8-4-10(13-6-8)9-2-3-11-12(5-9)15-7-14-11/h2-3,5,8,10,13H,4,6-7H2,1H3/t8-,10-/m1/s1. The summed E-state index contributed by atoms with van der Waals surface area (Å²) >= 11 is 0. The van der Waals surface area contributed by atoms with Gasteiger partial charge >= 0.3 is 0 Å². The molecule has 1 aromatic rings. The van der Waals surface area contributed by atoms with Crippen molar-refractivity contribution >= 4 is 0 Å². The molecule has 1 N–H and O–H groups in total. The maximum atomic E-state index is 5.38. The molecule has 0 saturated carbocycles. The summed E-state index contributed by atoms with van der Waals surface area (Å²) in [5, 5.41) is 3.52. The summed E-state index contributed by atoms with van der Waals surface area (Å²) in [6.07, 6.45) is 1.21. The van der Waals surface area contributed by atoms with Gasteiger partial charge in [0.25, 0.3) is 0 Å². The van der Waals surface area contributed by atoms with Crippen LogP contribution in [0.2, 0.25) is 0 Å². The molecule has 2 aliphatic rings. The van der Waals surface area contributed by atoms with Crippen LogP contribution in [0.5, 0.6) is 11.5 Å². The Morgan fingerprint density at radius 1 is 1.27 bits per heavy atom. The van der Waals surface area contributed by atoms with E-state index in [0.717, 1.165) is 24.0 Å². The zero-order valence-corrected chi connectivity index (χ0v) is 8.82. The van der Waals surface area contributed by atoms with Crippen molar-refractivity contribution < 1.29 is 9.47 Å². The fourth-order valence-electron chi connectivity index (χ4n) is 2.30. The van der Waals surface area contributed by atoms with Gasteiger partial charge in [0.15, 0.2) is 11.5 Å². The van der Waals surface area contributed by atoms with Crippen molar-refractivity contribution in [2.24, 2.45) is 5.92 Å². The molecule has 0 amide bonds. The number of hydrogen-bond donors (Lipinski definition) is 1. The van der Waals surface area contributed by atoms with Gasteiger partial charge in [-0.15, -0.1) is 0 Å². The summed E-state index contributed by atoms with van der Waals surface area (Å²) in [4.78, 5) is 0. The maximum absolute atomic E-state index is 5.38. The average molecular weight is 205 g/mol. The van der Waals surface area contributed by atoms with Crippen molar-refractivity contribution in [1.82, 2.24) is 5.32 Å². The number of fused-ring (bicyclic) bond motifs is 1. The molecular weight excluding hydrogens is 190 g/mol. The molecule has 0 unspecified atom stereocenters. The van der Waals surface area contributed by atoms with Gasteiger partial charge in [-0.1, -0.05) is 13.0 Å². The first-order valence-electron chi connectivity index (χ1n) is 5.46. The largest absolute Gasteiger partial charge is 0.454 e. The van der Waals surface area contributed by atoms with Crippen LogP contribution in [-0.2, 0) is 0 Å². The van der Waals surface area contributed by atoms with E-state index in [0.29, 0.717) is 12.8 Å². The van der Waals surface area contributed by atoms with Crippen LogP contribution in [0.3, 0.4) is 0 Å². The van der Waals surface area contributed by atoms with Gasteiger partial charge in [0.1, 0.15) is 0 Å². The Labute approximate surface area is 89.4 Å². The van der Waals surface area contributed by atoms with Gasteiger partial charge in [-0.2, -0.15) is 0 Å². The van der Waals surface area contributed by atoms with Gasteiger partial charge < -0.3 is 14.8 Å². The third-order valence-electron chi connectivity index (χ3n) is 3.15. The SMILES string of the molecule is C[C@H]1CN[C@@H](c2ccc3c(c2)OCO3)C1. The molecule has 0 aromatic heterocycles. The van der Waals surface area contributed by atoms with Crippen LogP contribution >= 0.6 is 0 Å². The van der Waals surface area contributed by atoms with Gasteiger partial charge in [0.2, 0.25) is 6.79 Å². The maximum Gasteiger partial charge on any atom is 0.231 e. The molecule has 3 heteroatoms. The Morgan fingerprint density at radius 3 is 2.93 bits per heavy atom. The lowest BCUT2D eigenvalue weighted by atomic mass is 10.0. The molecule has 0 radical (unpaired) electrons. The first-order valence-corrected chi connectivity index (χ1v) is 5.46. The minimum atomic E-state index is 0.354. The van der Waals surface area contributed by atoms with Crippen molar-refractivity contribution in [3.63, 3.8) is 0 Å². The molecule has 0 bridgehead atoms. The van der Waals surface area contributed by atoms with Crippen LogP contribution in [0.4, 0.5) is 0 Å². The van der Waals surface area contributed by atoms with Gasteiger partial charge in [0, 0.05) is 6.04 Å². The van der Waals surface area contributed by atoms with E-state index >= 15 is 0 Å². The van der Waals surface area contributed by atoms with E-state index in [1.807, 2.05) is 6.07 Å². The van der Waals surface area contributed by atoms with Crippen LogP contribution in [0.1, 0.15) is 24.9 Å². The van der Waals surface area contributed by atoms with Crippen LogP contribution in [-0.4, -0.2) is 13.3 Å². The van der Waals surface area contributed by atoms with E-state index in [4.69, 9.17) is 9.47 Å². The van der Waals surface area contributed by atoms with Gasteiger partial charge in [-0.3, -0.25) is 0 Å². The summed E-state index contributed by atoms with van der Waals surface area (Å²) in [6, 6.07) is 6.71. The second kappa shape index (κ2) is 3.42. The molecule has 2 aliphatic heterocycles. The molecule has 1 aromatic carbocycles. The van der Waals surface area contributed by atoms with E-state index in [1.54, 1.807) is 0 Å². The number of ether oxygens (including phenoxy) is 2. The van der Waals surface area contributed by atoms with E-state index in [-0.39, 0.29) is 0 Å². The highest BCUT2D eigenvalue weighted by Gasteiger charge is 2.23. The monoisotopic (exact) mass is 205 g/mol. The average Bonchev–Trinajstić information content (AvgIpc) is 2.84. The highest BCUT2D eigenvalue weighted by molar-refractivity contribution is 5.45. The van der Waals surface area contributed by atoms with Crippen LogP contribution in [0.25, 0.3) is 0 Å². The van der Waals surface area contributed by atoms with Crippen LogP contribution < -0.4 is 14.8 Å². The van der Waals surface area contributed by atoms with Crippen LogP contribution in [0, 0.1) is 5.92 Å². The first kappa shape index (κ1) is 9.04. The van der Waals surface area contributed by atoms with E-state index in [9.17, 15) is 0 Å². The molecule has 1 fully saturated rings. The number of benzene rings is 1. The Kier molecular flexibility index (Phi) is 2.06. The predicted octanol–water partition coefficient (Wildman–Crippen LogP) is 2.09. The summed E-state index contributed by atoms with van der Waals surface area (Å²) < 4.78 is 10.7. The topological polar surface area (TPSA) is 30.5 Å². The summed E-state index contributed by atoms with van der Waals surface area (Å²) in [5.74, 6) is 2.51. The zero-order chi connectivity index (χ0) is 10.3. The molecule has 3 nitrogen and oxygen atoms in total. The molecule has 2 atom stereocenters. The summed E-state index contributed by atoms with van der Waals surface area (Å²) in [6.45, 7) is 3.74. The molecule has 15 heavy (non-hydrogen) atoms. The smallest absolute Gasteiger partial charge is 0.231 e. The van der Waals surface area contributed by atoms with Gasteiger partial charge in [0.05, 0.1) is 0 Å². The first-order chi connectivity index (χ1) is 7.33. The third kappa shape index (κ3) is 1.57. The fraction of sp³-hybridized carbons (Fsp3) is 0.500. The van der Waals surface area contributed by atoms with Crippen molar-refractivity contribution in [2.75, 3.05) is 13.3 Å². The van der Waals surface area contributed by atoms with Crippen molar-refractivity contribution in [3.8, 4) is 11.5 Å². The second-order valence-electron chi connectivity index (χ2n) is 4.41. The lowest BCUT2D eigenvalue weighted by Crippen LogP contribution is -2.13. The minimum absolute atomic E-state index is 0.354. The zero-order valence-electron chi connectivity index (χ0n) is 8.82. The molecular formula is C12H15NO2. The summed E-state index contributed by atoms with van der Waals surface area (Å²) in [5.41, 5.74) is 1.31. The Morgan fingerprint density at radius 2 is 2.13 bits per heavy atom. The Bertz CT molecular complexity index is 378. The van der Waals surface area contributed by atoms with Crippen molar-refractivity contribution in [2.45, 2.75) is 19.4 Å². The lowest BCUT2D eigenvalue weighted by Gasteiger charge is -2.11. The molecule has 0 spiro atoms. The Hall–Kier alpha value is -1.22. The van der Waals surface area contributed by atoms with E-state index in [1.165, 1.54) is 12.0 Å². The van der Waals surface area contributed by atoms with Crippen LogP contribution in [0.15, 0.2) is 18.2 Å². The molecule has 1 saturated heterocycles. The molecule has 2 heterocycles. The number of nitrogens with one attached hydrogen (secondary N) is 1. The Balaban J connectivity index is 1.87. The number of rotatable bonds is 1. The third-order valence-corrected chi connectivity index (χ3v) is 3.15. The van der Waals surface area contributed by atoms with E-state index in [2.05, 4.69) is 24.4 Å². The van der Waals surface area contributed by atoms with E-state index < -0.39 is 0 Å². The highest BCUT2D eigenvalue weighted by atomic mass is 16.7. The second-order valence-corrected chi connectivity index (χ2v) is 4.41. The van der Waals surface area contributed by atoms with Gasteiger partial charge in [-0.25, -0.2) is 0 Å².